The minimum atomic E-state index is 0.196. The van der Waals surface area contributed by atoms with E-state index in [1.54, 1.807) is 0 Å². The van der Waals surface area contributed by atoms with E-state index in [0.29, 0.717) is 5.92 Å². The molecule has 1 aromatic rings. The van der Waals surface area contributed by atoms with Gasteiger partial charge in [-0.1, -0.05) is 12.1 Å². The van der Waals surface area contributed by atoms with E-state index in [-0.39, 0.29) is 5.91 Å². The Bertz CT molecular complexity index is 556. The van der Waals surface area contributed by atoms with E-state index in [4.69, 9.17) is 4.74 Å². The molecule has 4 heteroatoms. The third-order valence-corrected chi connectivity index (χ3v) is 5.56. The normalized spacial score (nSPS) is 24.0. The van der Waals surface area contributed by atoms with Crippen molar-refractivity contribution in [2.45, 2.75) is 44.7 Å². The number of likely N-dealkylation sites (tertiary alicyclic amines) is 1. The van der Waals surface area contributed by atoms with Crippen molar-refractivity contribution in [2.75, 3.05) is 32.8 Å². The number of benzene rings is 1. The van der Waals surface area contributed by atoms with Gasteiger partial charge in [0.2, 0.25) is 0 Å². The minimum Gasteiger partial charge on any atom is -0.381 e. The molecular formula is C20H28N2O2. The van der Waals surface area contributed by atoms with Gasteiger partial charge in [-0.2, -0.15) is 0 Å². The molecular weight excluding hydrogens is 300 g/mol. The molecule has 3 fully saturated rings. The van der Waals surface area contributed by atoms with Gasteiger partial charge in [0.25, 0.3) is 5.91 Å². The lowest BCUT2D eigenvalue weighted by molar-refractivity contribution is 0.0793. The molecule has 1 aliphatic carbocycles. The first-order valence-corrected chi connectivity index (χ1v) is 9.49. The Labute approximate surface area is 144 Å². The van der Waals surface area contributed by atoms with Crippen LogP contribution in [0.2, 0.25) is 0 Å². The van der Waals surface area contributed by atoms with Crippen LogP contribution < -0.4 is 0 Å². The van der Waals surface area contributed by atoms with Gasteiger partial charge in [0.05, 0.1) is 6.61 Å². The van der Waals surface area contributed by atoms with Gasteiger partial charge in [-0.25, -0.2) is 0 Å². The average Bonchev–Trinajstić information content (AvgIpc) is 3.09. The maximum Gasteiger partial charge on any atom is 0.253 e. The van der Waals surface area contributed by atoms with Crippen molar-refractivity contribution >= 4 is 5.91 Å². The topological polar surface area (TPSA) is 32.8 Å². The van der Waals surface area contributed by atoms with E-state index in [1.165, 1.54) is 24.8 Å². The molecule has 4 rings (SSSR count). The van der Waals surface area contributed by atoms with Gasteiger partial charge >= 0.3 is 0 Å². The van der Waals surface area contributed by atoms with Crippen molar-refractivity contribution in [3.05, 3.63) is 35.4 Å². The van der Waals surface area contributed by atoms with Crippen LogP contribution in [-0.2, 0) is 11.3 Å². The Balaban J connectivity index is 1.37. The molecule has 0 radical (unpaired) electrons. The molecule has 2 heterocycles. The summed E-state index contributed by atoms with van der Waals surface area (Å²) < 4.78 is 5.53. The van der Waals surface area contributed by atoms with Crippen LogP contribution >= 0.6 is 0 Å². The highest BCUT2D eigenvalue weighted by Crippen LogP contribution is 2.30. The molecule has 0 unspecified atom stereocenters. The van der Waals surface area contributed by atoms with Gasteiger partial charge in [0, 0.05) is 44.4 Å². The number of nitrogens with zero attached hydrogens (tertiary/aromatic N) is 2. The van der Waals surface area contributed by atoms with Crippen molar-refractivity contribution in [3.63, 3.8) is 0 Å². The van der Waals surface area contributed by atoms with Crippen LogP contribution in [0.4, 0.5) is 0 Å². The van der Waals surface area contributed by atoms with Crippen molar-refractivity contribution in [3.8, 4) is 0 Å². The summed E-state index contributed by atoms with van der Waals surface area (Å²) in [4.78, 5) is 17.0. The molecule has 130 valence electrons. The highest BCUT2D eigenvalue weighted by Gasteiger charge is 2.31. The molecule has 1 amide bonds. The van der Waals surface area contributed by atoms with Crippen LogP contribution in [0.5, 0.6) is 0 Å². The first-order chi connectivity index (χ1) is 11.8. The Morgan fingerprint density at radius 1 is 1.12 bits per heavy atom. The maximum atomic E-state index is 12.4. The fourth-order valence-corrected chi connectivity index (χ4v) is 3.93. The number of carbonyl (C=O) groups excluding carboxylic acids is 1. The molecule has 1 aromatic carbocycles. The SMILES string of the molecule is O=C(c1ccc(CN(C[C@H]2CCOC2)C2CC2)cc1)N1CCCC1. The lowest BCUT2D eigenvalue weighted by Crippen LogP contribution is -2.31. The number of hydrogen-bond acceptors (Lipinski definition) is 3. The van der Waals surface area contributed by atoms with Gasteiger partial charge in [0.1, 0.15) is 0 Å². The zero-order valence-electron chi connectivity index (χ0n) is 14.5. The third kappa shape index (κ3) is 3.81. The zero-order valence-corrected chi connectivity index (χ0v) is 14.5. The molecule has 0 N–H and O–H groups in total. The lowest BCUT2D eigenvalue weighted by Gasteiger charge is -2.25. The summed E-state index contributed by atoms with van der Waals surface area (Å²) in [6.07, 6.45) is 6.15. The summed E-state index contributed by atoms with van der Waals surface area (Å²) in [7, 11) is 0. The quantitative estimate of drug-likeness (QED) is 0.805. The summed E-state index contributed by atoms with van der Waals surface area (Å²) >= 11 is 0. The van der Waals surface area contributed by atoms with E-state index in [1.807, 2.05) is 17.0 Å². The number of hydrogen-bond donors (Lipinski definition) is 0. The highest BCUT2D eigenvalue weighted by molar-refractivity contribution is 5.94. The molecule has 0 spiro atoms. The summed E-state index contributed by atoms with van der Waals surface area (Å²) in [6.45, 7) is 5.83. The highest BCUT2D eigenvalue weighted by atomic mass is 16.5. The van der Waals surface area contributed by atoms with Crippen LogP contribution in [0.15, 0.2) is 24.3 Å². The van der Waals surface area contributed by atoms with Gasteiger partial charge in [0.15, 0.2) is 0 Å². The first-order valence-electron chi connectivity index (χ1n) is 9.49. The van der Waals surface area contributed by atoms with Crippen LogP contribution in [0.1, 0.15) is 48.0 Å². The molecule has 4 nitrogen and oxygen atoms in total. The van der Waals surface area contributed by atoms with Gasteiger partial charge < -0.3 is 9.64 Å². The second-order valence-electron chi connectivity index (χ2n) is 7.59. The van der Waals surface area contributed by atoms with E-state index in [9.17, 15) is 4.79 Å². The van der Waals surface area contributed by atoms with Gasteiger partial charge in [-0.3, -0.25) is 9.69 Å². The Kier molecular flexibility index (Phi) is 4.86. The molecule has 1 atom stereocenters. The largest absolute Gasteiger partial charge is 0.381 e. The summed E-state index contributed by atoms with van der Waals surface area (Å²) in [6, 6.07) is 9.07. The van der Waals surface area contributed by atoms with Crippen LogP contribution in [0.3, 0.4) is 0 Å². The number of carbonyl (C=O) groups is 1. The Morgan fingerprint density at radius 2 is 1.88 bits per heavy atom. The number of amides is 1. The van der Waals surface area contributed by atoms with Crippen molar-refractivity contribution in [1.29, 1.82) is 0 Å². The number of ether oxygens (including phenoxy) is 1. The Hall–Kier alpha value is -1.39. The standard InChI is InChI=1S/C20H28N2O2/c23-20(21-10-1-2-11-21)18-5-3-16(4-6-18)13-22(19-7-8-19)14-17-9-12-24-15-17/h3-6,17,19H,1-2,7-15H2/t17-/m1/s1. The second-order valence-corrected chi connectivity index (χ2v) is 7.59. The fourth-order valence-electron chi connectivity index (χ4n) is 3.93. The van der Waals surface area contributed by atoms with Crippen molar-refractivity contribution in [2.24, 2.45) is 5.92 Å². The van der Waals surface area contributed by atoms with Crippen LogP contribution in [0, 0.1) is 5.92 Å². The summed E-state index contributed by atoms with van der Waals surface area (Å²) in [5, 5.41) is 0. The van der Waals surface area contributed by atoms with Crippen molar-refractivity contribution < 1.29 is 9.53 Å². The monoisotopic (exact) mass is 328 g/mol. The lowest BCUT2D eigenvalue weighted by atomic mass is 10.1. The van der Waals surface area contributed by atoms with E-state index >= 15 is 0 Å². The molecule has 3 aliphatic rings. The first kappa shape index (κ1) is 16.1. The maximum absolute atomic E-state index is 12.4. The van der Waals surface area contributed by atoms with E-state index in [2.05, 4.69) is 17.0 Å². The molecule has 1 saturated carbocycles. The minimum absolute atomic E-state index is 0.196. The molecule has 0 bridgehead atoms. The molecule has 24 heavy (non-hydrogen) atoms. The smallest absolute Gasteiger partial charge is 0.253 e. The van der Waals surface area contributed by atoms with E-state index in [0.717, 1.165) is 63.8 Å². The van der Waals surface area contributed by atoms with E-state index < -0.39 is 0 Å². The zero-order chi connectivity index (χ0) is 16.4. The van der Waals surface area contributed by atoms with Crippen LogP contribution in [0.25, 0.3) is 0 Å². The predicted octanol–water partition coefficient (Wildman–Crippen LogP) is 2.92. The third-order valence-electron chi connectivity index (χ3n) is 5.56. The predicted molar refractivity (Wildman–Crippen MR) is 93.9 cm³/mol. The summed E-state index contributed by atoms with van der Waals surface area (Å²) in [5.41, 5.74) is 2.15. The number of rotatable bonds is 6. The molecule has 2 aliphatic heterocycles. The second kappa shape index (κ2) is 7.24. The van der Waals surface area contributed by atoms with Gasteiger partial charge in [-0.05, 0) is 55.7 Å². The van der Waals surface area contributed by atoms with Crippen molar-refractivity contribution in [1.82, 2.24) is 9.80 Å². The Morgan fingerprint density at radius 3 is 2.50 bits per heavy atom. The summed E-state index contributed by atoms with van der Waals surface area (Å²) in [5.74, 6) is 0.892. The molecule has 0 aromatic heterocycles. The fraction of sp³-hybridized carbons (Fsp3) is 0.650. The van der Waals surface area contributed by atoms with Crippen LogP contribution in [-0.4, -0.2) is 54.6 Å². The average molecular weight is 328 g/mol. The van der Waals surface area contributed by atoms with Gasteiger partial charge in [-0.15, -0.1) is 0 Å². The molecule has 2 saturated heterocycles.